The number of anilines is 1. The topological polar surface area (TPSA) is 193 Å². The number of hydrogen-bond donors (Lipinski definition) is 1. The van der Waals surface area contributed by atoms with Crippen molar-refractivity contribution in [1.82, 2.24) is 10.2 Å². The highest BCUT2D eigenvalue weighted by Gasteiger charge is 2.23. The number of aromatic nitrogens is 2. The van der Waals surface area contributed by atoms with Gasteiger partial charge in [0.2, 0.25) is 5.13 Å². The zero-order chi connectivity index (χ0) is 20.3. The van der Waals surface area contributed by atoms with Crippen LogP contribution in [-0.4, -0.2) is 31.2 Å². The molecule has 2 aromatic heterocycles. The maximum absolute atomic E-state index is 11.2. The Hall–Kier alpha value is -4.27. The lowest BCUT2D eigenvalue weighted by molar-refractivity contribution is -0.402. The lowest BCUT2D eigenvalue weighted by atomic mass is 10.1. The molecule has 0 atom stereocenters. The Balaban J connectivity index is 1.78. The van der Waals surface area contributed by atoms with Crippen LogP contribution >= 0.6 is 11.3 Å². The minimum absolute atomic E-state index is 0.0618. The molecule has 0 fully saturated rings. The van der Waals surface area contributed by atoms with Gasteiger partial charge in [0.05, 0.1) is 33.8 Å². The molecule has 3 rings (SSSR count). The van der Waals surface area contributed by atoms with Gasteiger partial charge in [0.1, 0.15) is 4.92 Å². The molecular formula is C13H7N7O7S. The Labute approximate surface area is 157 Å². The van der Waals surface area contributed by atoms with E-state index in [0.29, 0.717) is 0 Å². The molecule has 0 radical (unpaired) electrons. The van der Waals surface area contributed by atoms with Crippen LogP contribution in [0.5, 0.6) is 0 Å². The monoisotopic (exact) mass is 405 g/mol. The van der Waals surface area contributed by atoms with E-state index in [-0.39, 0.29) is 21.5 Å². The van der Waals surface area contributed by atoms with E-state index in [1.54, 1.807) is 0 Å². The predicted octanol–water partition coefficient (Wildman–Crippen LogP) is 2.97. The van der Waals surface area contributed by atoms with E-state index >= 15 is 0 Å². The molecule has 28 heavy (non-hydrogen) atoms. The number of rotatable bonds is 7. The zero-order valence-corrected chi connectivity index (χ0v) is 14.2. The van der Waals surface area contributed by atoms with Crippen LogP contribution in [0.4, 0.5) is 22.4 Å². The molecule has 3 aromatic rings. The van der Waals surface area contributed by atoms with E-state index in [1.807, 2.05) is 0 Å². The SMILES string of the molecule is O=[N+]([O-])c1ccc(-c2nnc(N/N=C/c3ccc([N+](=O)[O-])o3)s2)c([N+](=O)[O-])c1. The van der Waals surface area contributed by atoms with E-state index in [4.69, 9.17) is 4.42 Å². The molecule has 0 saturated heterocycles. The first kappa shape index (κ1) is 18.5. The van der Waals surface area contributed by atoms with E-state index in [9.17, 15) is 30.3 Å². The van der Waals surface area contributed by atoms with Gasteiger partial charge in [0.25, 0.3) is 11.4 Å². The Morgan fingerprint density at radius 1 is 1.04 bits per heavy atom. The normalized spacial score (nSPS) is 10.9. The fourth-order valence-corrected chi connectivity index (χ4v) is 2.73. The van der Waals surface area contributed by atoms with E-state index in [0.717, 1.165) is 29.5 Å². The van der Waals surface area contributed by atoms with Crippen LogP contribution in [0.15, 0.2) is 39.9 Å². The summed E-state index contributed by atoms with van der Waals surface area (Å²) in [4.78, 5) is 30.3. The third kappa shape index (κ3) is 3.93. The fourth-order valence-electron chi connectivity index (χ4n) is 2.00. The Morgan fingerprint density at radius 3 is 2.46 bits per heavy atom. The fraction of sp³-hybridized carbons (Fsp3) is 0. The smallest absolute Gasteiger partial charge is 0.400 e. The van der Waals surface area contributed by atoms with E-state index < -0.39 is 32.0 Å². The summed E-state index contributed by atoms with van der Waals surface area (Å²) in [5.41, 5.74) is 1.66. The third-order valence-electron chi connectivity index (χ3n) is 3.19. The highest BCUT2D eigenvalue weighted by molar-refractivity contribution is 7.18. The average Bonchev–Trinajstić information content (AvgIpc) is 3.31. The van der Waals surface area contributed by atoms with Crippen LogP contribution < -0.4 is 5.43 Å². The largest absolute Gasteiger partial charge is 0.433 e. The second-order valence-electron chi connectivity index (χ2n) is 4.93. The molecule has 2 heterocycles. The van der Waals surface area contributed by atoms with Crippen LogP contribution in [0.2, 0.25) is 0 Å². The molecule has 15 heteroatoms. The molecule has 142 valence electrons. The molecule has 0 aliphatic carbocycles. The first-order valence-corrected chi connectivity index (χ1v) is 7.97. The number of benzene rings is 1. The number of furan rings is 1. The molecule has 14 nitrogen and oxygen atoms in total. The summed E-state index contributed by atoms with van der Waals surface area (Å²) >= 11 is 0.917. The summed E-state index contributed by atoms with van der Waals surface area (Å²) in [6.07, 6.45) is 1.17. The number of nitrogens with zero attached hydrogens (tertiary/aromatic N) is 6. The van der Waals surface area contributed by atoms with Gasteiger partial charge in [-0.15, -0.1) is 10.2 Å². The Bertz CT molecular complexity index is 1110. The second kappa shape index (κ2) is 7.54. The first-order valence-electron chi connectivity index (χ1n) is 7.15. The first-order chi connectivity index (χ1) is 13.3. The number of hydrazone groups is 1. The van der Waals surface area contributed by atoms with Crippen LogP contribution in [0.1, 0.15) is 5.76 Å². The van der Waals surface area contributed by atoms with Gasteiger partial charge < -0.3 is 4.42 Å². The Kier molecular flexibility index (Phi) is 4.99. The van der Waals surface area contributed by atoms with Crippen molar-refractivity contribution in [3.63, 3.8) is 0 Å². The molecule has 0 unspecified atom stereocenters. The van der Waals surface area contributed by atoms with Crippen LogP contribution in [0.3, 0.4) is 0 Å². The van der Waals surface area contributed by atoms with Crippen molar-refractivity contribution in [1.29, 1.82) is 0 Å². The molecule has 0 amide bonds. The van der Waals surface area contributed by atoms with Crippen molar-refractivity contribution in [2.45, 2.75) is 0 Å². The Morgan fingerprint density at radius 2 is 1.82 bits per heavy atom. The maximum atomic E-state index is 11.2. The number of nitro benzene ring substituents is 2. The van der Waals surface area contributed by atoms with Crippen molar-refractivity contribution >= 4 is 39.9 Å². The van der Waals surface area contributed by atoms with Gasteiger partial charge in [-0.25, -0.2) is 0 Å². The highest BCUT2D eigenvalue weighted by Crippen LogP contribution is 2.35. The predicted molar refractivity (Wildman–Crippen MR) is 95.2 cm³/mol. The van der Waals surface area contributed by atoms with Crippen LogP contribution in [0.25, 0.3) is 10.6 Å². The molecule has 0 spiro atoms. The lowest BCUT2D eigenvalue weighted by Crippen LogP contribution is -1.95. The minimum atomic E-state index is -0.751. The molecule has 1 N–H and O–H groups in total. The summed E-state index contributed by atoms with van der Waals surface area (Å²) in [6.45, 7) is 0. The van der Waals surface area contributed by atoms with Crippen molar-refractivity contribution in [3.8, 4) is 10.6 Å². The summed E-state index contributed by atoms with van der Waals surface area (Å²) in [7, 11) is 0. The minimum Gasteiger partial charge on any atom is -0.400 e. The lowest BCUT2D eigenvalue weighted by Gasteiger charge is -1.98. The van der Waals surface area contributed by atoms with Gasteiger partial charge in [0, 0.05) is 6.07 Å². The van der Waals surface area contributed by atoms with Crippen LogP contribution in [-0.2, 0) is 0 Å². The summed E-state index contributed by atoms with van der Waals surface area (Å²) in [6, 6.07) is 5.68. The number of non-ortho nitro benzene ring substituents is 1. The molecule has 1 aromatic carbocycles. The van der Waals surface area contributed by atoms with Crippen molar-refractivity contribution in [2.24, 2.45) is 5.10 Å². The second-order valence-corrected chi connectivity index (χ2v) is 5.91. The summed E-state index contributed by atoms with van der Waals surface area (Å²) in [5, 5.41) is 44.2. The van der Waals surface area contributed by atoms with Crippen molar-refractivity contribution < 1.29 is 19.2 Å². The van der Waals surface area contributed by atoms with E-state index in [2.05, 4.69) is 20.7 Å². The van der Waals surface area contributed by atoms with E-state index in [1.165, 1.54) is 18.3 Å². The average molecular weight is 405 g/mol. The van der Waals surface area contributed by atoms with Gasteiger partial charge in [-0.1, -0.05) is 11.3 Å². The van der Waals surface area contributed by atoms with Gasteiger partial charge in [-0.3, -0.25) is 35.8 Å². The molecule has 0 aliphatic rings. The third-order valence-corrected chi connectivity index (χ3v) is 4.05. The molecule has 0 aliphatic heterocycles. The highest BCUT2D eigenvalue weighted by atomic mass is 32.1. The van der Waals surface area contributed by atoms with Crippen molar-refractivity contribution in [2.75, 3.05) is 5.43 Å². The van der Waals surface area contributed by atoms with Crippen LogP contribution in [0, 0.1) is 30.3 Å². The number of hydrogen-bond acceptors (Lipinski definition) is 12. The van der Waals surface area contributed by atoms with Gasteiger partial charge in [-0.2, -0.15) is 5.10 Å². The maximum Gasteiger partial charge on any atom is 0.433 e. The molecule has 0 saturated carbocycles. The molecule has 0 bridgehead atoms. The number of nitro groups is 3. The standard InChI is InChI=1S/C13H7N7O7S/c21-18(22)7-1-3-9(10(5-7)19(23)24)12-15-17-13(28-12)16-14-6-8-2-4-11(27-8)20(25)26/h1-6H,(H,16,17)/b14-6+. The summed E-state index contributed by atoms with van der Waals surface area (Å²) in [5.74, 6) is -0.319. The summed E-state index contributed by atoms with van der Waals surface area (Å²) < 4.78 is 4.88. The zero-order valence-electron chi connectivity index (χ0n) is 13.4. The number of nitrogens with one attached hydrogen (secondary N) is 1. The van der Waals surface area contributed by atoms with Gasteiger partial charge in [-0.05, 0) is 12.1 Å². The quantitative estimate of drug-likeness (QED) is 0.347. The molecular weight excluding hydrogens is 398 g/mol. The van der Waals surface area contributed by atoms with Gasteiger partial charge >= 0.3 is 5.88 Å². The van der Waals surface area contributed by atoms with Crippen molar-refractivity contribution in [3.05, 3.63) is 66.4 Å². The van der Waals surface area contributed by atoms with Gasteiger partial charge in [0.15, 0.2) is 10.8 Å².